The van der Waals surface area contributed by atoms with Gasteiger partial charge in [-0.15, -0.1) is 11.8 Å². The molecule has 1 heterocycles. The van der Waals surface area contributed by atoms with Crippen LogP contribution in [-0.2, 0) is 12.3 Å². The van der Waals surface area contributed by atoms with Crippen molar-refractivity contribution in [3.05, 3.63) is 53.6 Å². The van der Waals surface area contributed by atoms with E-state index in [1.165, 1.54) is 10.5 Å². The average molecular weight is 287 g/mol. The van der Waals surface area contributed by atoms with E-state index in [2.05, 4.69) is 53.4 Å². The van der Waals surface area contributed by atoms with Gasteiger partial charge in [-0.2, -0.15) is 0 Å². The fraction of sp³-hybridized carbons (Fsp3) is 0.375. The largest absolute Gasteiger partial charge is 0.313 e. The van der Waals surface area contributed by atoms with Gasteiger partial charge >= 0.3 is 0 Å². The van der Waals surface area contributed by atoms with Crippen LogP contribution in [0.3, 0.4) is 0 Å². The van der Waals surface area contributed by atoms with Gasteiger partial charge in [0.25, 0.3) is 0 Å². The number of aromatic nitrogens is 2. The van der Waals surface area contributed by atoms with E-state index in [9.17, 15) is 0 Å². The molecular weight excluding hydrogens is 266 g/mol. The van der Waals surface area contributed by atoms with Crippen LogP contribution in [0.1, 0.15) is 30.3 Å². The lowest BCUT2D eigenvalue weighted by atomic mass is 10.2. The molecular formula is C16H21N3S. The Kier molecular flexibility index (Phi) is 6.02. The van der Waals surface area contributed by atoms with Gasteiger partial charge in [-0.1, -0.05) is 24.6 Å². The Hall–Kier alpha value is -1.39. The highest BCUT2D eigenvalue weighted by Crippen LogP contribution is 2.21. The maximum Gasteiger partial charge on any atom is 0.138 e. The number of nitrogens with one attached hydrogen (secondary N) is 1. The van der Waals surface area contributed by atoms with Crippen molar-refractivity contribution in [1.29, 1.82) is 0 Å². The third-order valence-corrected chi connectivity index (χ3v) is 3.86. The molecule has 1 N–H and O–H groups in total. The third kappa shape index (κ3) is 4.94. The predicted molar refractivity (Wildman–Crippen MR) is 84.8 cm³/mol. The molecule has 0 spiro atoms. The summed E-state index contributed by atoms with van der Waals surface area (Å²) in [5.74, 6) is 1.70. The van der Waals surface area contributed by atoms with Crippen LogP contribution in [0.15, 0.2) is 41.6 Å². The van der Waals surface area contributed by atoms with Gasteiger partial charge in [-0.05, 0) is 32.0 Å². The second kappa shape index (κ2) is 8.02. The lowest BCUT2D eigenvalue weighted by Crippen LogP contribution is -2.14. The van der Waals surface area contributed by atoms with Gasteiger partial charge in [0.1, 0.15) is 5.82 Å². The minimum atomic E-state index is 0.812. The molecule has 2 aromatic rings. The van der Waals surface area contributed by atoms with Crippen LogP contribution in [0.4, 0.5) is 0 Å². The molecule has 0 aliphatic heterocycles. The van der Waals surface area contributed by atoms with Crippen molar-refractivity contribution in [2.75, 3.05) is 6.54 Å². The Labute approximate surface area is 125 Å². The molecule has 0 unspecified atom stereocenters. The normalized spacial score (nSPS) is 10.7. The number of rotatable bonds is 7. The second-order valence-corrected chi connectivity index (χ2v) is 5.84. The third-order valence-electron chi connectivity index (χ3n) is 2.87. The summed E-state index contributed by atoms with van der Waals surface area (Å²) in [5.41, 5.74) is 2.43. The fourth-order valence-corrected chi connectivity index (χ4v) is 2.70. The molecule has 3 nitrogen and oxygen atoms in total. The zero-order chi connectivity index (χ0) is 14.2. The molecule has 0 aliphatic carbocycles. The molecule has 0 saturated heterocycles. The molecule has 1 aromatic carbocycles. The maximum absolute atomic E-state index is 4.42. The van der Waals surface area contributed by atoms with E-state index in [0.717, 1.165) is 36.7 Å². The Bertz CT molecular complexity index is 526. The number of benzene rings is 1. The van der Waals surface area contributed by atoms with Gasteiger partial charge in [-0.3, -0.25) is 0 Å². The van der Waals surface area contributed by atoms with Crippen molar-refractivity contribution in [1.82, 2.24) is 15.3 Å². The number of hydrogen-bond donors (Lipinski definition) is 1. The molecule has 0 amide bonds. The minimum Gasteiger partial charge on any atom is -0.313 e. The number of hydrogen-bond acceptors (Lipinski definition) is 4. The van der Waals surface area contributed by atoms with Crippen LogP contribution in [0, 0.1) is 6.92 Å². The van der Waals surface area contributed by atoms with Crippen LogP contribution in [-0.4, -0.2) is 16.5 Å². The predicted octanol–water partition coefficient (Wildman–Crippen LogP) is 3.58. The molecule has 0 atom stereocenters. The Balaban J connectivity index is 1.84. The molecule has 2 rings (SSSR count). The van der Waals surface area contributed by atoms with Crippen LogP contribution in [0.2, 0.25) is 0 Å². The zero-order valence-electron chi connectivity index (χ0n) is 12.1. The summed E-state index contributed by atoms with van der Waals surface area (Å²) >= 11 is 1.77. The topological polar surface area (TPSA) is 37.8 Å². The first-order chi connectivity index (χ1) is 9.78. The van der Waals surface area contributed by atoms with Gasteiger partial charge in [0, 0.05) is 29.4 Å². The number of thioether (sulfide) groups is 1. The van der Waals surface area contributed by atoms with Gasteiger partial charge in [-0.25, -0.2) is 9.97 Å². The van der Waals surface area contributed by atoms with Crippen molar-refractivity contribution in [2.24, 2.45) is 0 Å². The van der Waals surface area contributed by atoms with E-state index in [-0.39, 0.29) is 0 Å². The van der Waals surface area contributed by atoms with E-state index in [1.807, 2.05) is 12.4 Å². The van der Waals surface area contributed by atoms with Gasteiger partial charge in [0.2, 0.25) is 0 Å². The van der Waals surface area contributed by atoms with Crippen molar-refractivity contribution in [3.8, 4) is 0 Å². The number of aryl methyl sites for hydroxylation is 1. The van der Waals surface area contributed by atoms with E-state index >= 15 is 0 Å². The zero-order valence-corrected chi connectivity index (χ0v) is 12.9. The summed E-state index contributed by atoms with van der Waals surface area (Å²) in [4.78, 5) is 10.1. The minimum absolute atomic E-state index is 0.812. The average Bonchev–Trinajstić information content (AvgIpc) is 2.47. The van der Waals surface area contributed by atoms with Crippen molar-refractivity contribution < 1.29 is 0 Å². The lowest BCUT2D eigenvalue weighted by molar-refractivity contribution is 0.671. The van der Waals surface area contributed by atoms with Crippen molar-refractivity contribution in [2.45, 2.75) is 37.5 Å². The van der Waals surface area contributed by atoms with E-state index in [0.29, 0.717) is 0 Å². The first-order valence-corrected chi connectivity index (χ1v) is 7.96. The highest BCUT2D eigenvalue weighted by atomic mass is 32.2. The molecule has 0 saturated carbocycles. The van der Waals surface area contributed by atoms with E-state index in [4.69, 9.17) is 0 Å². The monoisotopic (exact) mass is 287 g/mol. The van der Waals surface area contributed by atoms with Crippen LogP contribution in [0.5, 0.6) is 0 Å². The van der Waals surface area contributed by atoms with Crippen LogP contribution in [0.25, 0.3) is 0 Å². The molecule has 0 radical (unpaired) electrons. The van der Waals surface area contributed by atoms with Crippen molar-refractivity contribution >= 4 is 11.8 Å². The maximum atomic E-state index is 4.42. The molecule has 0 aliphatic rings. The van der Waals surface area contributed by atoms with Gasteiger partial charge in [0.05, 0.1) is 5.75 Å². The molecule has 20 heavy (non-hydrogen) atoms. The van der Waals surface area contributed by atoms with Gasteiger partial charge in [0.15, 0.2) is 0 Å². The summed E-state index contributed by atoms with van der Waals surface area (Å²) in [6.45, 7) is 6.15. The standard InChI is InChI=1S/C16H21N3S/c1-3-7-17-9-14-10-18-16(19-11-14)12-20-15-6-4-5-13(2)8-15/h4-6,8,10-11,17H,3,7,9,12H2,1-2H3. The van der Waals surface area contributed by atoms with Crippen molar-refractivity contribution in [3.63, 3.8) is 0 Å². The second-order valence-electron chi connectivity index (χ2n) is 4.79. The summed E-state index contributed by atoms with van der Waals surface area (Å²) in [5, 5.41) is 3.35. The first-order valence-electron chi connectivity index (χ1n) is 6.98. The molecule has 0 bridgehead atoms. The quantitative estimate of drug-likeness (QED) is 0.624. The molecule has 0 fully saturated rings. The molecule has 1 aromatic heterocycles. The van der Waals surface area contributed by atoms with Gasteiger partial charge < -0.3 is 5.32 Å². The van der Waals surface area contributed by atoms with Crippen LogP contribution >= 0.6 is 11.8 Å². The Morgan fingerprint density at radius 2 is 2.00 bits per heavy atom. The summed E-state index contributed by atoms with van der Waals surface area (Å²) in [7, 11) is 0. The first kappa shape index (κ1) is 15.0. The number of nitrogens with zero attached hydrogens (tertiary/aromatic N) is 2. The molecule has 4 heteroatoms. The van der Waals surface area contributed by atoms with E-state index in [1.54, 1.807) is 11.8 Å². The summed E-state index contributed by atoms with van der Waals surface area (Å²) in [6, 6.07) is 8.51. The SMILES string of the molecule is CCCNCc1cnc(CSc2cccc(C)c2)nc1. The van der Waals surface area contributed by atoms with E-state index < -0.39 is 0 Å². The smallest absolute Gasteiger partial charge is 0.138 e. The van der Waals surface area contributed by atoms with Crippen LogP contribution < -0.4 is 5.32 Å². The fourth-order valence-electron chi connectivity index (χ4n) is 1.81. The molecule has 106 valence electrons. The highest BCUT2D eigenvalue weighted by Gasteiger charge is 2.00. The Morgan fingerprint density at radius 1 is 1.20 bits per heavy atom. The Morgan fingerprint density at radius 3 is 2.70 bits per heavy atom. The lowest BCUT2D eigenvalue weighted by Gasteiger charge is -2.04. The summed E-state index contributed by atoms with van der Waals surface area (Å²) in [6.07, 6.45) is 4.98. The highest BCUT2D eigenvalue weighted by molar-refractivity contribution is 7.98. The summed E-state index contributed by atoms with van der Waals surface area (Å²) < 4.78 is 0.